The van der Waals surface area contributed by atoms with Crippen LogP contribution in [0, 0.1) is 0 Å². The van der Waals surface area contributed by atoms with E-state index in [1.165, 1.54) is 11.8 Å². The Labute approximate surface area is 161 Å². The zero-order valence-electron chi connectivity index (χ0n) is 14.1. The lowest BCUT2D eigenvalue weighted by Crippen LogP contribution is -2.19. The number of hydrogen-bond donors (Lipinski definition) is 1. The van der Waals surface area contributed by atoms with E-state index in [9.17, 15) is 4.79 Å². The Bertz CT molecular complexity index is 942. The Hall–Kier alpha value is -2.50. The van der Waals surface area contributed by atoms with Crippen LogP contribution >= 0.6 is 23.4 Å². The van der Waals surface area contributed by atoms with Crippen molar-refractivity contribution in [2.75, 3.05) is 12.9 Å². The van der Waals surface area contributed by atoms with E-state index < -0.39 is 0 Å². The van der Waals surface area contributed by atoms with E-state index in [0.29, 0.717) is 5.02 Å². The highest BCUT2D eigenvalue weighted by atomic mass is 35.5. The van der Waals surface area contributed by atoms with Gasteiger partial charge in [0.2, 0.25) is 5.91 Å². The van der Waals surface area contributed by atoms with Gasteiger partial charge in [-0.25, -0.2) is 5.43 Å². The first kappa shape index (κ1) is 18.3. The van der Waals surface area contributed by atoms with Crippen LogP contribution in [0.15, 0.2) is 70.7 Å². The maximum atomic E-state index is 11.9. The highest BCUT2D eigenvalue weighted by Crippen LogP contribution is 2.27. The van der Waals surface area contributed by atoms with Crippen LogP contribution in [0.1, 0.15) is 5.56 Å². The molecule has 0 radical (unpaired) electrons. The van der Waals surface area contributed by atoms with E-state index >= 15 is 0 Å². The molecule has 26 heavy (non-hydrogen) atoms. The highest BCUT2D eigenvalue weighted by molar-refractivity contribution is 8.00. The van der Waals surface area contributed by atoms with Crippen molar-refractivity contribution in [3.63, 3.8) is 0 Å². The molecule has 0 spiro atoms. The molecule has 0 bridgehead atoms. The Morgan fingerprint density at radius 3 is 2.58 bits per heavy atom. The molecule has 0 fully saturated rings. The molecule has 0 aromatic heterocycles. The molecule has 0 aliphatic heterocycles. The lowest BCUT2D eigenvalue weighted by molar-refractivity contribution is -0.118. The Morgan fingerprint density at radius 2 is 1.85 bits per heavy atom. The minimum atomic E-state index is -0.168. The number of benzene rings is 3. The number of fused-ring (bicyclic) bond motifs is 1. The summed E-state index contributed by atoms with van der Waals surface area (Å²) in [5.41, 5.74) is 3.47. The van der Waals surface area contributed by atoms with Gasteiger partial charge in [0.1, 0.15) is 5.75 Å². The van der Waals surface area contributed by atoms with Crippen LogP contribution < -0.4 is 10.2 Å². The minimum absolute atomic E-state index is 0.168. The van der Waals surface area contributed by atoms with Crippen molar-refractivity contribution in [2.24, 2.45) is 5.10 Å². The van der Waals surface area contributed by atoms with Gasteiger partial charge in [0.05, 0.1) is 19.1 Å². The summed E-state index contributed by atoms with van der Waals surface area (Å²) in [6.45, 7) is 0. The van der Waals surface area contributed by atoms with E-state index in [1.54, 1.807) is 25.5 Å². The first-order valence-electron chi connectivity index (χ1n) is 7.93. The molecule has 1 amide bonds. The molecule has 0 heterocycles. The van der Waals surface area contributed by atoms with E-state index in [2.05, 4.69) is 10.5 Å². The fourth-order valence-electron chi connectivity index (χ4n) is 2.47. The van der Waals surface area contributed by atoms with Gasteiger partial charge in [-0.15, -0.1) is 11.8 Å². The number of ether oxygens (including phenoxy) is 1. The predicted molar refractivity (Wildman–Crippen MR) is 108 cm³/mol. The summed E-state index contributed by atoms with van der Waals surface area (Å²) in [5, 5.41) is 6.77. The number of nitrogens with one attached hydrogen (secondary N) is 1. The second-order valence-electron chi connectivity index (χ2n) is 5.44. The van der Waals surface area contributed by atoms with E-state index in [-0.39, 0.29) is 11.7 Å². The Morgan fingerprint density at radius 1 is 1.12 bits per heavy atom. The van der Waals surface area contributed by atoms with Crippen molar-refractivity contribution in [2.45, 2.75) is 4.90 Å². The summed E-state index contributed by atoms with van der Waals surface area (Å²) in [5.74, 6) is 0.919. The monoisotopic (exact) mass is 384 g/mol. The van der Waals surface area contributed by atoms with Crippen LogP contribution in [0.3, 0.4) is 0 Å². The van der Waals surface area contributed by atoms with Crippen LogP contribution in [0.5, 0.6) is 5.75 Å². The third-order valence-electron chi connectivity index (χ3n) is 3.71. The van der Waals surface area contributed by atoms with Gasteiger partial charge in [0.15, 0.2) is 0 Å². The van der Waals surface area contributed by atoms with Crippen molar-refractivity contribution < 1.29 is 9.53 Å². The molecular formula is C20H17ClN2O2S. The summed E-state index contributed by atoms with van der Waals surface area (Å²) in [6, 6.07) is 19.1. The molecule has 4 nitrogen and oxygen atoms in total. The van der Waals surface area contributed by atoms with Gasteiger partial charge in [-0.2, -0.15) is 5.10 Å². The molecule has 0 aliphatic carbocycles. The van der Waals surface area contributed by atoms with Crippen molar-refractivity contribution in [1.82, 2.24) is 5.43 Å². The number of thioether (sulfide) groups is 1. The first-order valence-corrected chi connectivity index (χ1v) is 9.30. The number of halogens is 1. The number of hydrazone groups is 1. The number of carbonyl (C=O) groups is 1. The zero-order chi connectivity index (χ0) is 18.4. The fourth-order valence-corrected chi connectivity index (χ4v) is 3.29. The average molecular weight is 385 g/mol. The molecule has 0 aliphatic rings. The number of nitrogens with zero attached hydrogens (tertiary/aromatic N) is 1. The van der Waals surface area contributed by atoms with Crippen molar-refractivity contribution >= 4 is 46.3 Å². The minimum Gasteiger partial charge on any atom is -0.496 e. The molecule has 0 saturated heterocycles. The summed E-state index contributed by atoms with van der Waals surface area (Å²) in [7, 11) is 1.65. The summed E-state index contributed by atoms with van der Waals surface area (Å²) < 4.78 is 5.38. The summed E-state index contributed by atoms with van der Waals surface area (Å²) in [4.78, 5) is 12.9. The molecule has 132 valence electrons. The maximum Gasteiger partial charge on any atom is 0.250 e. The maximum absolute atomic E-state index is 11.9. The first-order chi connectivity index (χ1) is 12.7. The second kappa shape index (κ2) is 8.74. The number of methoxy groups -OCH3 is 1. The smallest absolute Gasteiger partial charge is 0.250 e. The highest BCUT2D eigenvalue weighted by Gasteiger charge is 2.05. The van der Waals surface area contributed by atoms with Gasteiger partial charge in [-0.1, -0.05) is 35.9 Å². The van der Waals surface area contributed by atoms with Gasteiger partial charge in [-0.3, -0.25) is 4.79 Å². The van der Waals surface area contributed by atoms with Crippen LogP contribution in [-0.4, -0.2) is 25.0 Å². The van der Waals surface area contributed by atoms with Crippen molar-refractivity contribution in [3.8, 4) is 5.75 Å². The lowest BCUT2D eigenvalue weighted by Gasteiger charge is -2.07. The third-order valence-corrected chi connectivity index (χ3v) is 4.98. The lowest BCUT2D eigenvalue weighted by atomic mass is 10.0. The summed E-state index contributed by atoms with van der Waals surface area (Å²) in [6.07, 6.45) is 1.65. The number of amides is 1. The van der Waals surface area contributed by atoms with Crippen molar-refractivity contribution in [1.29, 1.82) is 0 Å². The molecule has 6 heteroatoms. The molecule has 3 aromatic carbocycles. The summed E-state index contributed by atoms with van der Waals surface area (Å²) >= 11 is 7.28. The molecule has 3 rings (SSSR count). The zero-order valence-corrected chi connectivity index (χ0v) is 15.7. The van der Waals surface area contributed by atoms with Gasteiger partial charge in [0.25, 0.3) is 0 Å². The van der Waals surface area contributed by atoms with Crippen LogP contribution in [0.25, 0.3) is 10.8 Å². The van der Waals surface area contributed by atoms with E-state index in [1.807, 2.05) is 48.5 Å². The van der Waals surface area contributed by atoms with Gasteiger partial charge in [0, 0.05) is 20.9 Å². The average Bonchev–Trinajstić information content (AvgIpc) is 2.67. The standard InChI is InChI=1S/C20H17ClN2O2S/c1-25-19-11-6-14(17-4-2-3-5-18(17)19)12-22-23-20(24)13-26-16-9-7-15(21)8-10-16/h2-12H,13H2,1H3,(H,23,24)/b22-12-. The van der Waals surface area contributed by atoms with E-state index in [4.69, 9.17) is 16.3 Å². The number of rotatable bonds is 6. The third kappa shape index (κ3) is 4.56. The fraction of sp³-hybridized carbons (Fsp3) is 0.100. The number of carbonyl (C=O) groups excluding carboxylic acids is 1. The molecule has 0 saturated carbocycles. The molecule has 3 aromatic rings. The molecule has 0 unspecified atom stereocenters. The second-order valence-corrected chi connectivity index (χ2v) is 6.92. The Balaban J connectivity index is 1.62. The van der Waals surface area contributed by atoms with Crippen molar-refractivity contribution in [3.05, 3.63) is 71.2 Å². The van der Waals surface area contributed by atoms with Crippen LogP contribution in [0.4, 0.5) is 0 Å². The molecule has 0 atom stereocenters. The topological polar surface area (TPSA) is 50.7 Å². The van der Waals surface area contributed by atoms with Crippen LogP contribution in [0.2, 0.25) is 5.02 Å². The normalized spacial score (nSPS) is 11.0. The quantitative estimate of drug-likeness (QED) is 0.379. The number of hydrogen-bond acceptors (Lipinski definition) is 4. The molecular weight excluding hydrogens is 368 g/mol. The van der Waals surface area contributed by atoms with Gasteiger partial charge in [-0.05, 0) is 41.8 Å². The predicted octanol–water partition coefficient (Wildman–Crippen LogP) is 4.74. The van der Waals surface area contributed by atoms with Crippen LogP contribution in [-0.2, 0) is 4.79 Å². The Kier molecular flexibility index (Phi) is 6.15. The van der Waals surface area contributed by atoms with Gasteiger partial charge < -0.3 is 4.74 Å². The molecule has 1 N–H and O–H groups in total. The van der Waals surface area contributed by atoms with E-state index in [0.717, 1.165) is 27.0 Å². The largest absolute Gasteiger partial charge is 0.496 e. The SMILES string of the molecule is COc1ccc(/C=N\NC(=O)CSc2ccc(Cl)cc2)c2ccccc12. The van der Waals surface area contributed by atoms with Gasteiger partial charge >= 0.3 is 0 Å².